The van der Waals surface area contributed by atoms with Gasteiger partial charge in [-0.3, -0.25) is 9.78 Å². The highest BCUT2D eigenvalue weighted by molar-refractivity contribution is 7.89. The molecule has 2 rings (SSSR count). The molecule has 2 aromatic rings. The molecule has 7 nitrogen and oxygen atoms in total. The van der Waals surface area contributed by atoms with Crippen LogP contribution in [0.4, 0.5) is 0 Å². The zero-order valence-electron chi connectivity index (χ0n) is 11.4. The molecular weight excluding hydrogens is 302 g/mol. The standard InChI is InChI=1S/C11H16ClN5O2S/c1-4-17-10(9(12)5-13-17)6-14-20(18,19)11-7(2)15-16-8(11)3/h5,14H,4,6H2,1-3H3,(H,15,16). The fraction of sp³-hybridized carbons (Fsp3) is 0.455. The Hall–Kier alpha value is -1.38. The fourth-order valence-corrected chi connectivity index (χ4v) is 3.57. The highest BCUT2D eigenvalue weighted by Crippen LogP contribution is 2.19. The van der Waals surface area contributed by atoms with Crippen molar-refractivity contribution in [3.05, 3.63) is 28.3 Å². The number of hydrogen-bond acceptors (Lipinski definition) is 4. The van der Waals surface area contributed by atoms with Crippen LogP contribution in [0.5, 0.6) is 0 Å². The average Bonchev–Trinajstić information content (AvgIpc) is 2.90. The highest BCUT2D eigenvalue weighted by Gasteiger charge is 2.22. The molecule has 0 aliphatic carbocycles. The van der Waals surface area contributed by atoms with Crippen molar-refractivity contribution in [1.82, 2.24) is 24.7 Å². The first kappa shape index (κ1) is 15.0. The lowest BCUT2D eigenvalue weighted by Crippen LogP contribution is -2.25. The monoisotopic (exact) mass is 317 g/mol. The van der Waals surface area contributed by atoms with E-state index in [0.717, 1.165) is 0 Å². The first-order chi connectivity index (χ1) is 9.36. The van der Waals surface area contributed by atoms with Crippen LogP contribution in [0.25, 0.3) is 0 Å². The number of nitrogens with zero attached hydrogens (tertiary/aromatic N) is 3. The second-order valence-electron chi connectivity index (χ2n) is 4.34. The van der Waals surface area contributed by atoms with Crippen molar-refractivity contribution < 1.29 is 8.42 Å². The lowest BCUT2D eigenvalue weighted by atomic mass is 10.4. The average molecular weight is 318 g/mol. The van der Waals surface area contributed by atoms with E-state index in [9.17, 15) is 8.42 Å². The Bertz CT molecular complexity index is 700. The van der Waals surface area contributed by atoms with Gasteiger partial charge >= 0.3 is 0 Å². The van der Waals surface area contributed by atoms with Gasteiger partial charge in [0.25, 0.3) is 0 Å². The summed E-state index contributed by atoms with van der Waals surface area (Å²) in [5.41, 5.74) is 1.58. The molecule has 2 heterocycles. The molecular formula is C11H16ClN5O2S. The van der Waals surface area contributed by atoms with Gasteiger partial charge in [-0.1, -0.05) is 11.6 Å². The highest BCUT2D eigenvalue weighted by atomic mass is 35.5. The fourth-order valence-electron chi connectivity index (χ4n) is 2.01. The predicted molar refractivity (Wildman–Crippen MR) is 75.0 cm³/mol. The molecule has 0 saturated heterocycles. The van der Waals surface area contributed by atoms with Crippen molar-refractivity contribution in [2.24, 2.45) is 0 Å². The summed E-state index contributed by atoms with van der Waals surface area (Å²) in [4.78, 5) is 0.177. The van der Waals surface area contributed by atoms with Gasteiger partial charge in [0.15, 0.2) is 0 Å². The van der Waals surface area contributed by atoms with Gasteiger partial charge in [0.2, 0.25) is 10.0 Å². The number of hydrogen-bond donors (Lipinski definition) is 2. The zero-order valence-corrected chi connectivity index (χ0v) is 13.0. The molecule has 2 aromatic heterocycles. The predicted octanol–water partition coefficient (Wildman–Crippen LogP) is 1.37. The van der Waals surface area contributed by atoms with E-state index in [1.165, 1.54) is 6.20 Å². The molecule has 0 bridgehead atoms. The Labute approximate surface area is 122 Å². The molecule has 0 aromatic carbocycles. The summed E-state index contributed by atoms with van der Waals surface area (Å²) in [5.74, 6) is 0. The number of rotatable bonds is 5. The second-order valence-corrected chi connectivity index (χ2v) is 6.45. The maximum Gasteiger partial charge on any atom is 0.244 e. The molecule has 0 atom stereocenters. The van der Waals surface area contributed by atoms with Crippen LogP contribution in [-0.2, 0) is 23.1 Å². The normalized spacial score (nSPS) is 12.0. The van der Waals surface area contributed by atoms with Crippen LogP contribution < -0.4 is 4.72 Å². The van der Waals surface area contributed by atoms with E-state index < -0.39 is 10.0 Å². The molecule has 0 unspecified atom stereocenters. The SMILES string of the molecule is CCn1ncc(Cl)c1CNS(=O)(=O)c1c(C)n[nH]c1C. The number of sulfonamides is 1. The number of aromatic nitrogens is 4. The molecule has 0 aliphatic heterocycles. The molecule has 9 heteroatoms. The zero-order chi connectivity index (χ0) is 14.9. The summed E-state index contributed by atoms with van der Waals surface area (Å²) < 4.78 is 28.8. The van der Waals surface area contributed by atoms with E-state index in [2.05, 4.69) is 20.0 Å². The van der Waals surface area contributed by atoms with Crippen LogP contribution in [0.2, 0.25) is 5.02 Å². The van der Waals surface area contributed by atoms with Crippen molar-refractivity contribution in [2.75, 3.05) is 0 Å². The molecule has 0 radical (unpaired) electrons. The molecule has 0 spiro atoms. The van der Waals surface area contributed by atoms with Gasteiger partial charge in [0.1, 0.15) is 4.90 Å². The minimum absolute atomic E-state index is 0.0824. The number of H-pyrrole nitrogens is 1. The van der Waals surface area contributed by atoms with Gasteiger partial charge in [-0.25, -0.2) is 13.1 Å². The number of nitrogens with one attached hydrogen (secondary N) is 2. The van der Waals surface area contributed by atoms with Crippen LogP contribution in [0.1, 0.15) is 24.0 Å². The van der Waals surface area contributed by atoms with Gasteiger partial charge in [-0.05, 0) is 20.8 Å². The van der Waals surface area contributed by atoms with Crippen LogP contribution >= 0.6 is 11.6 Å². The smallest absolute Gasteiger partial charge is 0.244 e. The number of aromatic amines is 1. The molecule has 0 fully saturated rings. The first-order valence-electron chi connectivity index (χ1n) is 6.08. The minimum Gasteiger partial charge on any atom is -0.281 e. The van der Waals surface area contributed by atoms with Crippen molar-refractivity contribution in [3.8, 4) is 0 Å². The Morgan fingerprint density at radius 2 is 2.15 bits per heavy atom. The van der Waals surface area contributed by atoms with Crippen LogP contribution in [0.3, 0.4) is 0 Å². The summed E-state index contributed by atoms with van der Waals surface area (Å²) >= 11 is 6.00. The van der Waals surface area contributed by atoms with E-state index in [4.69, 9.17) is 11.6 Å². The first-order valence-corrected chi connectivity index (χ1v) is 7.94. The van der Waals surface area contributed by atoms with E-state index in [1.54, 1.807) is 18.5 Å². The second kappa shape index (κ2) is 5.55. The van der Waals surface area contributed by atoms with Gasteiger partial charge < -0.3 is 0 Å². The summed E-state index contributed by atoms with van der Waals surface area (Å²) in [6, 6.07) is 0. The maximum atomic E-state index is 12.3. The molecule has 0 amide bonds. The topological polar surface area (TPSA) is 92.7 Å². The van der Waals surface area contributed by atoms with Crippen LogP contribution in [0.15, 0.2) is 11.1 Å². The van der Waals surface area contributed by atoms with E-state index in [0.29, 0.717) is 28.6 Å². The van der Waals surface area contributed by atoms with Gasteiger partial charge in [0, 0.05) is 6.54 Å². The quantitative estimate of drug-likeness (QED) is 0.871. The van der Waals surface area contributed by atoms with Crippen molar-refractivity contribution >= 4 is 21.6 Å². The number of halogens is 1. The third-order valence-corrected chi connectivity index (χ3v) is 4.94. The summed E-state index contributed by atoms with van der Waals surface area (Å²) in [5, 5.41) is 11.1. The van der Waals surface area contributed by atoms with E-state index in [-0.39, 0.29) is 11.4 Å². The summed E-state index contributed by atoms with van der Waals surface area (Å²) in [7, 11) is -3.64. The Balaban J connectivity index is 2.24. The van der Waals surface area contributed by atoms with Gasteiger partial charge in [-0.15, -0.1) is 0 Å². The maximum absolute atomic E-state index is 12.3. The lowest BCUT2D eigenvalue weighted by Gasteiger charge is -2.09. The minimum atomic E-state index is -3.64. The third-order valence-electron chi connectivity index (χ3n) is 2.96. The third kappa shape index (κ3) is 2.72. The molecule has 2 N–H and O–H groups in total. The van der Waals surface area contributed by atoms with Crippen LogP contribution in [-0.4, -0.2) is 28.4 Å². The largest absolute Gasteiger partial charge is 0.281 e. The van der Waals surface area contributed by atoms with Crippen molar-refractivity contribution in [3.63, 3.8) is 0 Å². The van der Waals surface area contributed by atoms with Crippen molar-refractivity contribution in [2.45, 2.75) is 38.8 Å². The summed E-state index contributed by atoms with van der Waals surface area (Å²) in [6.45, 7) is 5.91. The molecule has 20 heavy (non-hydrogen) atoms. The Morgan fingerprint density at radius 1 is 1.45 bits per heavy atom. The van der Waals surface area contributed by atoms with Crippen LogP contribution in [0, 0.1) is 13.8 Å². The molecule has 110 valence electrons. The Morgan fingerprint density at radius 3 is 2.70 bits per heavy atom. The van der Waals surface area contributed by atoms with E-state index >= 15 is 0 Å². The van der Waals surface area contributed by atoms with Crippen molar-refractivity contribution in [1.29, 1.82) is 0 Å². The lowest BCUT2D eigenvalue weighted by molar-refractivity contribution is 0.569. The van der Waals surface area contributed by atoms with Gasteiger partial charge in [0.05, 0.1) is 34.8 Å². The van der Waals surface area contributed by atoms with Gasteiger partial charge in [-0.2, -0.15) is 10.2 Å². The Kier molecular flexibility index (Phi) is 4.17. The summed E-state index contributed by atoms with van der Waals surface area (Å²) in [6.07, 6.45) is 1.50. The van der Waals surface area contributed by atoms with E-state index in [1.807, 2.05) is 6.92 Å². The number of aryl methyl sites for hydroxylation is 3. The molecule has 0 saturated carbocycles. The molecule has 0 aliphatic rings.